The van der Waals surface area contributed by atoms with E-state index in [1.54, 1.807) is 37.3 Å². The van der Waals surface area contributed by atoms with Crippen molar-refractivity contribution < 1.29 is 23.9 Å². The van der Waals surface area contributed by atoms with Gasteiger partial charge in [-0.25, -0.2) is 4.90 Å². The Balaban J connectivity index is 1.57. The zero-order valence-corrected chi connectivity index (χ0v) is 18.5. The first kappa shape index (κ1) is 22.0. The minimum Gasteiger partial charge on any atom is -0.426 e. The van der Waals surface area contributed by atoms with E-state index in [0.717, 1.165) is 16.0 Å². The molecule has 166 valence electrons. The van der Waals surface area contributed by atoms with Gasteiger partial charge in [-0.15, -0.1) is 0 Å². The van der Waals surface area contributed by atoms with Crippen molar-refractivity contribution in [3.63, 3.8) is 0 Å². The highest BCUT2D eigenvalue weighted by molar-refractivity contribution is 6.34. The molecule has 0 saturated carbocycles. The van der Waals surface area contributed by atoms with Crippen LogP contribution in [0.2, 0.25) is 0 Å². The number of carbonyl (C=O) groups excluding carboxylic acids is 4. The molecule has 1 N–H and O–H groups in total. The summed E-state index contributed by atoms with van der Waals surface area (Å²) in [6, 6.07) is 16.3. The van der Waals surface area contributed by atoms with E-state index >= 15 is 0 Å². The van der Waals surface area contributed by atoms with Crippen molar-refractivity contribution in [3.05, 3.63) is 88.5 Å². The van der Waals surface area contributed by atoms with Crippen LogP contribution in [-0.4, -0.2) is 23.7 Å². The Morgan fingerprint density at radius 1 is 0.879 bits per heavy atom. The molecule has 3 aromatic rings. The third kappa shape index (κ3) is 4.25. The number of nitrogens with zero attached hydrogens (tertiary/aromatic N) is 1. The van der Waals surface area contributed by atoms with Crippen LogP contribution in [0.15, 0.2) is 60.7 Å². The van der Waals surface area contributed by atoms with Gasteiger partial charge in [0.15, 0.2) is 0 Å². The van der Waals surface area contributed by atoms with Gasteiger partial charge in [0.1, 0.15) is 5.75 Å². The van der Waals surface area contributed by atoms with Gasteiger partial charge in [0, 0.05) is 23.7 Å². The smallest absolute Gasteiger partial charge is 0.310 e. The van der Waals surface area contributed by atoms with E-state index in [9.17, 15) is 19.2 Å². The number of imide groups is 1. The molecule has 0 saturated heterocycles. The maximum absolute atomic E-state index is 13.0. The van der Waals surface area contributed by atoms with E-state index in [-0.39, 0.29) is 29.1 Å². The molecule has 3 aromatic carbocycles. The molecule has 0 radical (unpaired) electrons. The number of hydrogen-bond acceptors (Lipinski definition) is 5. The van der Waals surface area contributed by atoms with Crippen LogP contribution in [0.5, 0.6) is 5.75 Å². The lowest BCUT2D eigenvalue weighted by Crippen LogP contribution is -2.29. The largest absolute Gasteiger partial charge is 0.426 e. The van der Waals surface area contributed by atoms with Crippen LogP contribution in [0.1, 0.15) is 55.5 Å². The third-order valence-electron chi connectivity index (χ3n) is 5.51. The molecule has 1 aliphatic heterocycles. The highest BCUT2D eigenvalue weighted by atomic mass is 16.5. The molecule has 0 unspecified atom stereocenters. The van der Waals surface area contributed by atoms with Gasteiger partial charge in [-0.2, -0.15) is 0 Å². The zero-order chi connectivity index (χ0) is 23.7. The fourth-order valence-corrected chi connectivity index (χ4v) is 3.53. The van der Waals surface area contributed by atoms with Crippen LogP contribution < -0.4 is 15.0 Å². The van der Waals surface area contributed by atoms with Gasteiger partial charge in [-0.3, -0.25) is 19.2 Å². The van der Waals surface area contributed by atoms with E-state index in [2.05, 4.69) is 5.32 Å². The number of anilines is 2. The molecule has 0 aromatic heterocycles. The second-order valence-electron chi connectivity index (χ2n) is 7.78. The summed E-state index contributed by atoms with van der Waals surface area (Å²) in [5.74, 6) is -1.41. The quantitative estimate of drug-likeness (QED) is 0.352. The van der Waals surface area contributed by atoms with Crippen LogP contribution in [0.4, 0.5) is 11.4 Å². The number of aryl methyl sites for hydroxylation is 2. The van der Waals surface area contributed by atoms with Gasteiger partial charge < -0.3 is 10.1 Å². The lowest BCUT2D eigenvalue weighted by Gasteiger charge is -2.15. The summed E-state index contributed by atoms with van der Waals surface area (Å²) in [5, 5.41) is 2.72. The topological polar surface area (TPSA) is 92.8 Å². The Bertz CT molecular complexity index is 1310. The average molecular weight is 442 g/mol. The maximum Gasteiger partial charge on any atom is 0.310 e. The predicted octanol–water partition coefficient (Wildman–Crippen LogP) is 4.67. The highest BCUT2D eigenvalue weighted by Gasteiger charge is 2.37. The monoisotopic (exact) mass is 442 g/mol. The molecule has 1 heterocycles. The first-order chi connectivity index (χ1) is 15.8. The molecule has 4 rings (SSSR count). The van der Waals surface area contributed by atoms with Crippen LogP contribution in [0.3, 0.4) is 0 Å². The number of hydrogen-bond donors (Lipinski definition) is 1. The molecule has 0 spiro atoms. The van der Waals surface area contributed by atoms with E-state index in [4.69, 9.17) is 4.74 Å². The minimum atomic E-state index is -0.471. The molecule has 7 nitrogen and oxygen atoms in total. The number of nitrogens with one attached hydrogen (secondary N) is 1. The van der Waals surface area contributed by atoms with Gasteiger partial charge in [0.05, 0.1) is 16.8 Å². The van der Waals surface area contributed by atoms with E-state index in [1.165, 1.54) is 24.3 Å². The van der Waals surface area contributed by atoms with Gasteiger partial charge in [-0.05, 0) is 67.4 Å². The number of benzene rings is 3. The number of ether oxygens (including phenoxy) is 1. The van der Waals surface area contributed by atoms with E-state index < -0.39 is 17.7 Å². The second-order valence-corrected chi connectivity index (χ2v) is 7.78. The van der Waals surface area contributed by atoms with Gasteiger partial charge in [0.25, 0.3) is 17.7 Å². The minimum absolute atomic E-state index is 0.177. The zero-order valence-electron chi connectivity index (χ0n) is 18.5. The van der Waals surface area contributed by atoms with Gasteiger partial charge in [-0.1, -0.05) is 19.1 Å². The van der Waals surface area contributed by atoms with Crippen LogP contribution in [0, 0.1) is 13.8 Å². The molecule has 7 heteroatoms. The van der Waals surface area contributed by atoms with Crippen LogP contribution in [0.25, 0.3) is 0 Å². The number of esters is 1. The van der Waals surface area contributed by atoms with Crippen molar-refractivity contribution in [3.8, 4) is 5.75 Å². The van der Waals surface area contributed by atoms with Crippen molar-refractivity contribution in [2.24, 2.45) is 0 Å². The molecule has 0 fully saturated rings. The predicted molar refractivity (Wildman–Crippen MR) is 124 cm³/mol. The number of carbonyl (C=O) groups is 4. The number of fused-ring (bicyclic) bond motifs is 1. The molecule has 0 aliphatic carbocycles. The fourth-order valence-electron chi connectivity index (χ4n) is 3.53. The molecule has 3 amide bonds. The summed E-state index contributed by atoms with van der Waals surface area (Å²) in [5.41, 5.74) is 3.61. The van der Waals surface area contributed by atoms with E-state index in [1.807, 2.05) is 19.9 Å². The summed E-state index contributed by atoms with van der Waals surface area (Å²) in [6.07, 6.45) is 0.234. The summed E-state index contributed by atoms with van der Waals surface area (Å²) in [6.45, 7) is 5.56. The summed E-state index contributed by atoms with van der Waals surface area (Å²) >= 11 is 0. The van der Waals surface area contributed by atoms with Gasteiger partial charge >= 0.3 is 5.97 Å². The standard InChI is InChI=1S/C26H22N2O5/c1-4-23(29)33-20-7-5-6-18(14-20)27-24(30)17-9-11-21-22(13-17)26(32)28(25(21)31)19-10-8-15(2)16(3)12-19/h5-14H,4H2,1-3H3,(H,27,30). The van der Waals surface area contributed by atoms with Crippen molar-refractivity contribution in [2.75, 3.05) is 10.2 Å². The van der Waals surface area contributed by atoms with Crippen LogP contribution >= 0.6 is 0 Å². The molecule has 1 aliphatic rings. The fraction of sp³-hybridized carbons (Fsp3) is 0.154. The first-order valence-corrected chi connectivity index (χ1v) is 10.5. The molecular weight excluding hydrogens is 420 g/mol. The normalized spacial score (nSPS) is 12.5. The lowest BCUT2D eigenvalue weighted by molar-refractivity contribution is -0.134. The van der Waals surface area contributed by atoms with Gasteiger partial charge in [0.2, 0.25) is 0 Å². The maximum atomic E-state index is 13.0. The molecular formula is C26H22N2O5. The number of rotatable bonds is 5. The summed E-state index contributed by atoms with van der Waals surface area (Å²) < 4.78 is 5.17. The van der Waals surface area contributed by atoms with E-state index in [0.29, 0.717) is 17.1 Å². The summed E-state index contributed by atoms with van der Waals surface area (Å²) in [7, 11) is 0. The Morgan fingerprint density at radius 3 is 2.36 bits per heavy atom. The van der Waals surface area contributed by atoms with Crippen molar-refractivity contribution in [2.45, 2.75) is 27.2 Å². The van der Waals surface area contributed by atoms with Crippen molar-refractivity contribution in [1.29, 1.82) is 0 Å². The molecule has 0 bridgehead atoms. The molecule has 33 heavy (non-hydrogen) atoms. The average Bonchev–Trinajstić information content (AvgIpc) is 3.05. The first-order valence-electron chi connectivity index (χ1n) is 10.5. The van der Waals surface area contributed by atoms with Crippen molar-refractivity contribution in [1.82, 2.24) is 0 Å². The highest BCUT2D eigenvalue weighted by Crippen LogP contribution is 2.30. The van der Waals surface area contributed by atoms with Crippen LogP contribution in [-0.2, 0) is 4.79 Å². The lowest BCUT2D eigenvalue weighted by atomic mass is 10.1. The summed E-state index contributed by atoms with van der Waals surface area (Å²) in [4.78, 5) is 51.3. The second kappa shape index (κ2) is 8.70. The Labute approximate surface area is 191 Å². The molecule has 0 atom stereocenters. The Morgan fingerprint density at radius 2 is 1.64 bits per heavy atom. The van der Waals surface area contributed by atoms with Crippen molar-refractivity contribution >= 4 is 35.1 Å². The third-order valence-corrected chi connectivity index (χ3v) is 5.51. The Hall–Kier alpha value is -4.26. The number of amides is 3. The Kier molecular flexibility index (Phi) is 5.79. The SMILES string of the molecule is CCC(=O)Oc1cccc(NC(=O)c2ccc3c(c2)C(=O)N(c2ccc(C)c(C)c2)C3=O)c1.